The summed E-state index contributed by atoms with van der Waals surface area (Å²) < 4.78 is 27.9. The minimum Gasteiger partial charge on any atom is -0.210 e. The molecule has 0 aliphatic heterocycles. The molecule has 0 saturated heterocycles. The first-order valence-electron chi connectivity index (χ1n) is 6.00. The first-order valence-corrected chi connectivity index (χ1v) is 9.56. The predicted octanol–water partition coefficient (Wildman–Crippen LogP) is 4.44. The van der Waals surface area contributed by atoms with Crippen LogP contribution in [0.25, 0.3) is 0 Å². The van der Waals surface area contributed by atoms with E-state index in [4.69, 9.17) is 34.8 Å². The molecule has 3 nitrogen and oxygen atoms in total. The van der Waals surface area contributed by atoms with E-state index < -0.39 is 10.0 Å². The monoisotopic (exact) mass is 419 g/mol. The van der Waals surface area contributed by atoms with Crippen molar-refractivity contribution in [2.45, 2.75) is 24.2 Å². The molecule has 0 bridgehead atoms. The van der Waals surface area contributed by atoms with Gasteiger partial charge in [-0.15, -0.1) is 11.6 Å². The fourth-order valence-corrected chi connectivity index (χ4v) is 5.49. The third-order valence-corrected chi connectivity index (χ3v) is 6.42. The molecular formula is C12H13BrCl3NO2S. The first-order chi connectivity index (χ1) is 9.30. The largest absolute Gasteiger partial charge is 0.243 e. The van der Waals surface area contributed by atoms with E-state index in [0.717, 1.165) is 19.3 Å². The Bertz CT molecular complexity index is 594. The van der Waals surface area contributed by atoms with E-state index in [1.807, 2.05) is 0 Å². The minimum atomic E-state index is -3.73. The Balaban J connectivity index is 2.19. The van der Waals surface area contributed by atoms with Crippen LogP contribution in [0, 0.1) is 5.41 Å². The summed E-state index contributed by atoms with van der Waals surface area (Å²) >= 11 is 20.9. The smallest absolute Gasteiger partial charge is 0.210 e. The van der Waals surface area contributed by atoms with Crippen molar-refractivity contribution in [1.82, 2.24) is 4.72 Å². The van der Waals surface area contributed by atoms with Gasteiger partial charge in [-0.3, -0.25) is 0 Å². The SMILES string of the molecule is O=S(=O)(NCC1(CCCl)CC1)c1c(Cl)cc(Br)cc1Cl. The van der Waals surface area contributed by atoms with Crippen LogP contribution in [0.1, 0.15) is 19.3 Å². The summed E-state index contributed by atoms with van der Waals surface area (Å²) in [5, 5.41) is 0.193. The lowest BCUT2D eigenvalue weighted by atomic mass is 10.1. The lowest BCUT2D eigenvalue weighted by molar-refractivity contribution is 0.478. The maximum Gasteiger partial charge on any atom is 0.243 e. The van der Waals surface area contributed by atoms with Gasteiger partial charge in [-0.2, -0.15) is 0 Å². The zero-order valence-electron chi connectivity index (χ0n) is 10.4. The summed E-state index contributed by atoms with van der Waals surface area (Å²) in [6, 6.07) is 3.02. The standard InChI is InChI=1S/C12H13BrCl3NO2S/c13-8-5-9(15)11(10(16)6-8)20(18,19)17-7-12(1-2-12)3-4-14/h5-6,17H,1-4,7H2. The molecule has 0 atom stereocenters. The van der Waals surface area contributed by atoms with E-state index in [1.165, 1.54) is 12.1 Å². The van der Waals surface area contributed by atoms with Crippen LogP contribution in [-0.2, 0) is 10.0 Å². The van der Waals surface area contributed by atoms with Crippen molar-refractivity contribution in [2.24, 2.45) is 5.41 Å². The number of benzene rings is 1. The molecule has 0 spiro atoms. The molecule has 0 heterocycles. The zero-order valence-corrected chi connectivity index (χ0v) is 15.1. The van der Waals surface area contributed by atoms with Crippen molar-refractivity contribution in [3.05, 3.63) is 26.7 Å². The normalized spacial score (nSPS) is 17.2. The van der Waals surface area contributed by atoms with Gasteiger partial charge in [0.25, 0.3) is 0 Å². The average molecular weight is 422 g/mol. The third kappa shape index (κ3) is 3.81. The van der Waals surface area contributed by atoms with E-state index in [2.05, 4.69) is 20.7 Å². The summed E-state index contributed by atoms with van der Waals surface area (Å²) in [6.45, 7) is 0.366. The number of halogens is 4. The van der Waals surface area contributed by atoms with E-state index in [1.54, 1.807) is 0 Å². The highest BCUT2D eigenvalue weighted by molar-refractivity contribution is 9.10. The van der Waals surface area contributed by atoms with Crippen LogP contribution in [0.4, 0.5) is 0 Å². The van der Waals surface area contributed by atoms with E-state index in [9.17, 15) is 8.42 Å². The van der Waals surface area contributed by atoms with Crippen LogP contribution in [0.2, 0.25) is 10.0 Å². The molecule has 0 aromatic heterocycles. The molecule has 0 unspecified atom stereocenters. The fraction of sp³-hybridized carbons (Fsp3) is 0.500. The molecule has 1 aromatic rings. The molecular weight excluding hydrogens is 408 g/mol. The minimum absolute atomic E-state index is 0.00311. The van der Waals surface area contributed by atoms with Gasteiger partial charge in [-0.25, -0.2) is 13.1 Å². The Morgan fingerprint density at radius 3 is 2.25 bits per heavy atom. The maximum atomic E-state index is 12.3. The lowest BCUT2D eigenvalue weighted by Gasteiger charge is -2.16. The second-order valence-electron chi connectivity index (χ2n) is 4.96. The van der Waals surface area contributed by atoms with Gasteiger partial charge in [-0.05, 0) is 36.8 Å². The summed E-state index contributed by atoms with van der Waals surface area (Å²) in [7, 11) is -3.73. The molecule has 8 heteroatoms. The van der Waals surface area contributed by atoms with Crippen LogP contribution in [0.3, 0.4) is 0 Å². The molecule has 1 fully saturated rings. The van der Waals surface area contributed by atoms with E-state index in [-0.39, 0.29) is 20.4 Å². The highest BCUT2D eigenvalue weighted by Gasteiger charge is 2.42. The molecule has 1 aliphatic rings. The predicted molar refractivity (Wildman–Crippen MR) is 86.4 cm³/mol. The van der Waals surface area contributed by atoms with Crippen LogP contribution < -0.4 is 4.72 Å². The van der Waals surface area contributed by atoms with Gasteiger partial charge >= 0.3 is 0 Å². The third-order valence-electron chi connectivity index (χ3n) is 3.45. The molecule has 112 valence electrons. The fourth-order valence-electron chi connectivity index (χ4n) is 2.00. The second kappa shape index (κ2) is 6.31. The van der Waals surface area contributed by atoms with Crippen molar-refractivity contribution in [3.63, 3.8) is 0 Å². The molecule has 0 radical (unpaired) electrons. The quantitative estimate of drug-likeness (QED) is 0.690. The molecule has 0 amide bonds. The van der Waals surface area contributed by atoms with E-state index >= 15 is 0 Å². The molecule has 1 aliphatic carbocycles. The summed E-state index contributed by atoms with van der Waals surface area (Å²) in [5.41, 5.74) is 0.00311. The highest BCUT2D eigenvalue weighted by Crippen LogP contribution is 2.48. The van der Waals surface area contributed by atoms with Crippen molar-refractivity contribution in [3.8, 4) is 0 Å². The Hall–Kier alpha value is 0.480. The summed E-state index contributed by atoms with van der Waals surface area (Å²) in [6.07, 6.45) is 2.78. The van der Waals surface area contributed by atoms with Gasteiger partial charge < -0.3 is 0 Å². The molecule has 2 rings (SSSR count). The van der Waals surface area contributed by atoms with Crippen molar-refractivity contribution >= 4 is 60.8 Å². The molecule has 1 N–H and O–H groups in total. The van der Waals surface area contributed by atoms with Gasteiger partial charge in [0.15, 0.2) is 0 Å². The Labute approximate surface area is 142 Å². The maximum absolute atomic E-state index is 12.3. The number of nitrogens with one attached hydrogen (secondary N) is 1. The van der Waals surface area contributed by atoms with Gasteiger partial charge in [0.05, 0.1) is 10.0 Å². The van der Waals surface area contributed by atoms with Gasteiger partial charge in [0.2, 0.25) is 10.0 Å². The average Bonchev–Trinajstić information content (AvgIpc) is 3.06. The summed E-state index contributed by atoms with van der Waals surface area (Å²) in [4.78, 5) is -0.0780. The number of rotatable bonds is 6. The number of sulfonamides is 1. The molecule has 1 saturated carbocycles. The van der Waals surface area contributed by atoms with Crippen molar-refractivity contribution < 1.29 is 8.42 Å². The van der Waals surface area contributed by atoms with Crippen LogP contribution in [0.5, 0.6) is 0 Å². The number of alkyl halides is 1. The van der Waals surface area contributed by atoms with Gasteiger partial charge in [0, 0.05) is 16.9 Å². The van der Waals surface area contributed by atoms with Crippen LogP contribution in [0.15, 0.2) is 21.5 Å². The van der Waals surface area contributed by atoms with Gasteiger partial charge in [-0.1, -0.05) is 39.1 Å². The van der Waals surface area contributed by atoms with Gasteiger partial charge in [0.1, 0.15) is 4.90 Å². The van der Waals surface area contributed by atoms with Crippen molar-refractivity contribution in [1.29, 1.82) is 0 Å². The highest BCUT2D eigenvalue weighted by atomic mass is 79.9. The lowest BCUT2D eigenvalue weighted by Crippen LogP contribution is -2.31. The number of hydrogen-bond donors (Lipinski definition) is 1. The second-order valence-corrected chi connectivity index (χ2v) is 8.77. The van der Waals surface area contributed by atoms with Crippen molar-refractivity contribution in [2.75, 3.05) is 12.4 Å². The Morgan fingerprint density at radius 2 is 1.80 bits per heavy atom. The van der Waals surface area contributed by atoms with Crippen LogP contribution in [-0.4, -0.2) is 20.8 Å². The summed E-state index contributed by atoms with van der Waals surface area (Å²) in [5.74, 6) is 0.529. The zero-order chi connectivity index (χ0) is 15.0. The Morgan fingerprint density at radius 1 is 1.25 bits per heavy atom. The first kappa shape index (κ1) is 16.8. The van der Waals surface area contributed by atoms with E-state index in [0.29, 0.717) is 16.9 Å². The molecule has 1 aromatic carbocycles. The topological polar surface area (TPSA) is 46.2 Å². The molecule has 20 heavy (non-hydrogen) atoms. The Kier molecular flexibility index (Phi) is 5.31. The van der Waals surface area contributed by atoms with Crippen LogP contribution >= 0.6 is 50.7 Å². The number of hydrogen-bond acceptors (Lipinski definition) is 2.